The van der Waals surface area contributed by atoms with E-state index in [0.29, 0.717) is 0 Å². The van der Waals surface area contributed by atoms with Gasteiger partial charge in [-0.15, -0.1) is 0 Å². The third-order valence-corrected chi connectivity index (χ3v) is 2.51. The van der Waals surface area contributed by atoms with Crippen LogP contribution in [-0.4, -0.2) is 42.3 Å². The molecule has 21 heavy (non-hydrogen) atoms. The smallest absolute Gasteiger partial charge is 0.416 e. The van der Waals surface area contributed by atoms with Gasteiger partial charge in [0.25, 0.3) is 0 Å². The zero-order valence-corrected chi connectivity index (χ0v) is 11.1. The largest absolute Gasteiger partial charge is 0.465 e. The number of hydrogen-bond acceptors (Lipinski definition) is 2. The number of carbonyl (C=O) groups is 2. The molecule has 1 aromatic carbocycles. The zero-order valence-electron chi connectivity index (χ0n) is 11.1. The number of nitrogens with one attached hydrogen (secondary N) is 2. The molecule has 0 atom stereocenters. The summed E-state index contributed by atoms with van der Waals surface area (Å²) in [6.45, 7) is 0.0962. The second-order valence-corrected chi connectivity index (χ2v) is 4.16. The zero-order chi connectivity index (χ0) is 16.0. The average molecular weight is 305 g/mol. The van der Waals surface area contributed by atoms with Crippen molar-refractivity contribution in [1.29, 1.82) is 0 Å². The number of benzene rings is 1. The highest BCUT2D eigenvalue weighted by Gasteiger charge is 2.30. The number of rotatable bonds is 4. The monoisotopic (exact) mass is 305 g/mol. The van der Waals surface area contributed by atoms with Crippen molar-refractivity contribution < 1.29 is 27.9 Å². The molecule has 1 rings (SSSR count). The van der Waals surface area contributed by atoms with E-state index in [9.17, 15) is 22.8 Å². The molecule has 0 aliphatic carbocycles. The Morgan fingerprint density at radius 2 is 2.00 bits per heavy atom. The topological polar surface area (TPSA) is 81.7 Å². The van der Waals surface area contributed by atoms with Crippen molar-refractivity contribution in [3.8, 4) is 0 Å². The molecule has 0 spiro atoms. The first-order valence-corrected chi connectivity index (χ1v) is 5.86. The Hall–Kier alpha value is -2.45. The average Bonchev–Trinajstić information content (AvgIpc) is 2.37. The number of alkyl halides is 3. The summed E-state index contributed by atoms with van der Waals surface area (Å²) < 4.78 is 37.6. The predicted molar refractivity (Wildman–Crippen MR) is 69.1 cm³/mol. The highest BCUT2D eigenvalue weighted by atomic mass is 19.4. The molecule has 0 radical (unpaired) electrons. The third-order valence-electron chi connectivity index (χ3n) is 2.51. The van der Waals surface area contributed by atoms with Gasteiger partial charge in [-0.1, -0.05) is 6.07 Å². The number of likely N-dealkylation sites (N-methyl/N-ethyl adjacent to an activating group) is 1. The fourth-order valence-corrected chi connectivity index (χ4v) is 1.42. The summed E-state index contributed by atoms with van der Waals surface area (Å²) in [5.74, 6) is 0. The molecule has 0 aliphatic rings. The number of carboxylic acid groups (broad SMARTS) is 1. The summed E-state index contributed by atoms with van der Waals surface area (Å²) in [4.78, 5) is 23.1. The Bertz CT molecular complexity index is 520. The maximum Gasteiger partial charge on any atom is 0.416 e. The summed E-state index contributed by atoms with van der Waals surface area (Å²) in [5, 5.41) is 12.7. The summed E-state index contributed by atoms with van der Waals surface area (Å²) >= 11 is 0. The number of urea groups is 1. The summed E-state index contributed by atoms with van der Waals surface area (Å²) in [6.07, 6.45) is -5.71. The van der Waals surface area contributed by atoms with Gasteiger partial charge in [0.05, 0.1) is 5.56 Å². The van der Waals surface area contributed by atoms with Crippen molar-refractivity contribution in [3.05, 3.63) is 29.8 Å². The van der Waals surface area contributed by atoms with Crippen molar-refractivity contribution >= 4 is 17.8 Å². The highest BCUT2D eigenvalue weighted by Crippen LogP contribution is 2.30. The van der Waals surface area contributed by atoms with Crippen molar-refractivity contribution in [1.82, 2.24) is 10.2 Å². The Kier molecular flexibility index (Phi) is 5.39. The van der Waals surface area contributed by atoms with E-state index < -0.39 is 23.9 Å². The number of carbonyl (C=O) groups excluding carboxylic acids is 1. The van der Waals surface area contributed by atoms with Crippen molar-refractivity contribution in [2.24, 2.45) is 0 Å². The number of halogens is 3. The van der Waals surface area contributed by atoms with E-state index in [1.807, 2.05) is 0 Å². The number of nitrogens with zero attached hydrogens (tertiary/aromatic N) is 1. The molecule has 0 saturated heterocycles. The van der Waals surface area contributed by atoms with E-state index in [1.165, 1.54) is 19.2 Å². The Morgan fingerprint density at radius 1 is 1.33 bits per heavy atom. The van der Waals surface area contributed by atoms with E-state index >= 15 is 0 Å². The Morgan fingerprint density at radius 3 is 2.57 bits per heavy atom. The first kappa shape index (κ1) is 16.6. The maximum absolute atomic E-state index is 12.5. The SMILES string of the molecule is CN(CCNC(=O)O)C(=O)Nc1cccc(C(F)(F)F)c1. The van der Waals surface area contributed by atoms with Crippen LogP contribution in [0.4, 0.5) is 28.4 Å². The van der Waals surface area contributed by atoms with Crippen molar-refractivity contribution in [2.45, 2.75) is 6.18 Å². The minimum absolute atomic E-state index is 0.00729. The fraction of sp³-hybridized carbons (Fsp3) is 0.333. The normalized spacial score (nSPS) is 10.9. The lowest BCUT2D eigenvalue weighted by Crippen LogP contribution is -2.37. The second kappa shape index (κ2) is 6.82. The Balaban J connectivity index is 2.60. The molecule has 0 bridgehead atoms. The minimum Gasteiger partial charge on any atom is -0.465 e. The molecule has 6 nitrogen and oxygen atoms in total. The van der Waals surface area contributed by atoms with Crippen LogP contribution in [0.1, 0.15) is 5.56 Å². The molecular weight excluding hydrogens is 291 g/mol. The summed E-state index contributed by atoms with van der Waals surface area (Å²) in [7, 11) is 1.40. The standard InChI is InChI=1S/C12H14F3N3O3/c1-18(6-5-16-11(20)21)10(19)17-9-4-2-3-8(7-9)12(13,14)15/h2-4,7,16H,5-6H2,1H3,(H,17,19)(H,20,21). The molecule has 116 valence electrons. The molecule has 0 saturated carbocycles. The molecule has 0 unspecified atom stereocenters. The second-order valence-electron chi connectivity index (χ2n) is 4.16. The predicted octanol–water partition coefficient (Wildman–Crippen LogP) is 2.44. The summed E-state index contributed by atoms with van der Waals surface area (Å²) in [5.41, 5.74) is -0.858. The van der Waals surface area contributed by atoms with Gasteiger partial charge in [0.1, 0.15) is 0 Å². The lowest BCUT2D eigenvalue weighted by atomic mass is 10.2. The number of anilines is 1. The lowest BCUT2D eigenvalue weighted by molar-refractivity contribution is -0.137. The van der Waals surface area contributed by atoms with E-state index in [4.69, 9.17) is 5.11 Å². The molecule has 1 aromatic rings. The van der Waals surface area contributed by atoms with Crippen LogP contribution in [0.5, 0.6) is 0 Å². The van der Waals surface area contributed by atoms with Gasteiger partial charge >= 0.3 is 18.3 Å². The molecule has 0 aromatic heterocycles. The van der Waals surface area contributed by atoms with Crippen molar-refractivity contribution in [3.63, 3.8) is 0 Å². The lowest BCUT2D eigenvalue weighted by Gasteiger charge is -2.18. The fourth-order valence-electron chi connectivity index (χ4n) is 1.42. The van der Waals surface area contributed by atoms with Crippen LogP contribution < -0.4 is 10.6 Å². The number of amides is 3. The molecule has 0 aliphatic heterocycles. The van der Waals surface area contributed by atoms with Gasteiger partial charge in [0, 0.05) is 25.8 Å². The van der Waals surface area contributed by atoms with Gasteiger partial charge in [-0.3, -0.25) is 0 Å². The van der Waals surface area contributed by atoms with Gasteiger partial charge in [-0.05, 0) is 18.2 Å². The molecule has 3 N–H and O–H groups in total. The molecule has 0 fully saturated rings. The van der Waals surface area contributed by atoms with Gasteiger partial charge in [-0.2, -0.15) is 13.2 Å². The van der Waals surface area contributed by atoms with Gasteiger partial charge in [0.15, 0.2) is 0 Å². The van der Waals surface area contributed by atoms with Crippen LogP contribution in [0.25, 0.3) is 0 Å². The Labute approximate surface area is 118 Å². The number of hydrogen-bond donors (Lipinski definition) is 3. The first-order chi connectivity index (χ1) is 9.70. The first-order valence-electron chi connectivity index (χ1n) is 5.86. The highest BCUT2D eigenvalue weighted by molar-refractivity contribution is 5.89. The van der Waals surface area contributed by atoms with Crippen LogP contribution in [0.15, 0.2) is 24.3 Å². The maximum atomic E-state index is 12.5. The third kappa shape index (κ3) is 5.59. The van der Waals surface area contributed by atoms with E-state index in [0.717, 1.165) is 17.0 Å². The minimum atomic E-state index is -4.49. The van der Waals surface area contributed by atoms with E-state index in [2.05, 4.69) is 10.6 Å². The van der Waals surface area contributed by atoms with Crippen LogP contribution in [0.2, 0.25) is 0 Å². The van der Waals surface area contributed by atoms with E-state index in [-0.39, 0.29) is 18.8 Å². The van der Waals surface area contributed by atoms with Crippen LogP contribution in [0, 0.1) is 0 Å². The summed E-state index contributed by atoms with van der Waals surface area (Å²) in [6, 6.07) is 3.60. The quantitative estimate of drug-likeness (QED) is 0.799. The van der Waals surface area contributed by atoms with Crippen LogP contribution in [0.3, 0.4) is 0 Å². The van der Waals surface area contributed by atoms with Crippen molar-refractivity contribution in [2.75, 3.05) is 25.5 Å². The van der Waals surface area contributed by atoms with Crippen LogP contribution >= 0.6 is 0 Å². The van der Waals surface area contributed by atoms with Gasteiger partial charge < -0.3 is 20.6 Å². The molecule has 3 amide bonds. The molecular formula is C12H14F3N3O3. The molecule has 0 heterocycles. The van der Waals surface area contributed by atoms with Crippen LogP contribution in [-0.2, 0) is 6.18 Å². The molecule has 9 heteroatoms. The van der Waals surface area contributed by atoms with Gasteiger partial charge in [0.2, 0.25) is 0 Å². The van der Waals surface area contributed by atoms with Gasteiger partial charge in [-0.25, -0.2) is 9.59 Å². The van der Waals surface area contributed by atoms with E-state index in [1.54, 1.807) is 0 Å².